The molecule has 0 bridgehead atoms. The summed E-state index contributed by atoms with van der Waals surface area (Å²) in [5.74, 6) is 0.378. The third kappa shape index (κ3) is 5.28. The molecule has 0 aliphatic carbocycles. The van der Waals surface area contributed by atoms with Gasteiger partial charge in [-0.1, -0.05) is 42.8 Å². The minimum absolute atomic E-state index is 0.132. The highest BCUT2D eigenvalue weighted by molar-refractivity contribution is 7.17. The molecule has 0 fully saturated rings. The zero-order valence-electron chi connectivity index (χ0n) is 18.7. The minimum atomic E-state index is -0.156. The summed E-state index contributed by atoms with van der Waals surface area (Å²) in [5, 5.41) is 5.45. The van der Waals surface area contributed by atoms with Crippen molar-refractivity contribution in [3.63, 3.8) is 0 Å². The second kappa shape index (κ2) is 10.4. The number of hydrogen-bond acceptors (Lipinski definition) is 6. The summed E-state index contributed by atoms with van der Waals surface area (Å²) in [5.41, 5.74) is 3.71. The van der Waals surface area contributed by atoms with E-state index in [4.69, 9.17) is 4.74 Å². The smallest absolute Gasteiger partial charge is 0.262 e. The second-order valence-electron chi connectivity index (χ2n) is 7.78. The van der Waals surface area contributed by atoms with Crippen molar-refractivity contribution in [3.8, 4) is 17.0 Å². The number of carbonyl (C=O) groups is 1. The first-order valence-electron chi connectivity index (χ1n) is 10.9. The lowest BCUT2D eigenvalue weighted by molar-refractivity contribution is -0.121. The van der Waals surface area contributed by atoms with Gasteiger partial charge in [0, 0.05) is 42.2 Å². The third-order valence-electron chi connectivity index (χ3n) is 5.27. The maximum absolute atomic E-state index is 13.2. The van der Waals surface area contributed by atoms with Crippen LogP contribution in [-0.4, -0.2) is 27.0 Å². The van der Waals surface area contributed by atoms with Crippen molar-refractivity contribution in [1.82, 2.24) is 19.9 Å². The Bertz CT molecular complexity index is 1310. The molecule has 1 N–H and O–H groups in total. The van der Waals surface area contributed by atoms with Gasteiger partial charge in [-0.25, -0.2) is 9.97 Å². The second-order valence-corrected chi connectivity index (χ2v) is 8.64. The van der Waals surface area contributed by atoms with Gasteiger partial charge in [-0.3, -0.25) is 14.2 Å². The van der Waals surface area contributed by atoms with Gasteiger partial charge in [0.15, 0.2) is 0 Å². The normalized spacial score (nSPS) is 11.0. The van der Waals surface area contributed by atoms with E-state index in [-0.39, 0.29) is 24.4 Å². The molecule has 0 aliphatic heterocycles. The van der Waals surface area contributed by atoms with E-state index in [1.54, 1.807) is 6.20 Å². The molecule has 1 amide bonds. The van der Waals surface area contributed by atoms with E-state index in [1.165, 1.54) is 22.2 Å². The molecule has 4 rings (SSSR count). The first kappa shape index (κ1) is 22.7. The summed E-state index contributed by atoms with van der Waals surface area (Å²) in [6, 6.07) is 11.8. The molecule has 0 spiro atoms. The van der Waals surface area contributed by atoms with Crippen LogP contribution in [0.2, 0.25) is 0 Å². The lowest BCUT2D eigenvalue weighted by atomic mass is 10.1. The number of nitrogens with zero attached hydrogens (tertiary/aromatic N) is 3. The monoisotopic (exact) mass is 462 g/mol. The molecule has 0 saturated heterocycles. The molecule has 0 unspecified atom stereocenters. The van der Waals surface area contributed by atoms with Gasteiger partial charge in [-0.2, -0.15) is 0 Å². The van der Waals surface area contributed by atoms with Gasteiger partial charge in [0.2, 0.25) is 11.8 Å². The molecule has 0 atom stereocenters. The number of nitrogens with one attached hydrogen (secondary N) is 1. The molecule has 3 aromatic heterocycles. The molecule has 0 aliphatic rings. The zero-order chi connectivity index (χ0) is 23.2. The number of thiophene rings is 1. The van der Waals surface area contributed by atoms with Gasteiger partial charge in [0.25, 0.3) is 5.56 Å². The first-order chi connectivity index (χ1) is 16.1. The van der Waals surface area contributed by atoms with Crippen LogP contribution in [-0.2, 0) is 17.9 Å². The first-order valence-corrected chi connectivity index (χ1v) is 11.8. The summed E-state index contributed by atoms with van der Waals surface area (Å²) in [4.78, 5) is 35.0. The molecule has 3 heterocycles. The Morgan fingerprint density at radius 1 is 1.18 bits per heavy atom. The van der Waals surface area contributed by atoms with Crippen LogP contribution >= 0.6 is 11.3 Å². The summed E-state index contributed by atoms with van der Waals surface area (Å²) in [6.07, 6.45) is 4.24. The van der Waals surface area contributed by atoms with E-state index in [0.717, 1.165) is 28.7 Å². The van der Waals surface area contributed by atoms with Gasteiger partial charge in [-0.15, -0.1) is 11.3 Å². The molecule has 7 nitrogen and oxygen atoms in total. The van der Waals surface area contributed by atoms with Crippen molar-refractivity contribution in [2.75, 3.05) is 6.61 Å². The zero-order valence-corrected chi connectivity index (χ0v) is 19.5. The molecule has 4 aromatic rings. The maximum atomic E-state index is 13.2. The summed E-state index contributed by atoms with van der Waals surface area (Å²) >= 11 is 1.45. The topological polar surface area (TPSA) is 86.1 Å². The number of carbonyl (C=O) groups excluding carboxylic acids is 1. The molecule has 0 saturated carbocycles. The van der Waals surface area contributed by atoms with E-state index in [2.05, 4.69) is 15.3 Å². The van der Waals surface area contributed by atoms with Gasteiger partial charge >= 0.3 is 0 Å². The predicted molar refractivity (Wildman–Crippen MR) is 131 cm³/mol. The van der Waals surface area contributed by atoms with Crippen LogP contribution in [0.15, 0.2) is 59.1 Å². The fourth-order valence-corrected chi connectivity index (χ4v) is 4.37. The van der Waals surface area contributed by atoms with Crippen molar-refractivity contribution >= 4 is 27.5 Å². The van der Waals surface area contributed by atoms with Gasteiger partial charge in [0.05, 0.1) is 18.3 Å². The number of ether oxygens (including phenoxy) is 1. The number of aryl methyl sites for hydroxylation is 2. The summed E-state index contributed by atoms with van der Waals surface area (Å²) < 4.78 is 7.14. The van der Waals surface area contributed by atoms with Crippen LogP contribution in [0.1, 0.15) is 30.9 Å². The average Bonchev–Trinajstić information content (AvgIpc) is 3.27. The minimum Gasteiger partial charge on any atom is -0.477 e. The molecule has 0 radical (unpaired) electrons. The highest BCUT2D eigenvalue weighted by Crippen LogP contribution is 2.30. The molecule has 170 valence electrons. The number of aromatic nitrogens is 3. The number of pyridine rings is 1. The molecular formula is C25H26N4O3S. The Morgan fingerprint density at radius 2 is 2.00 bits per heavy atom. The van der Waals surface area contributed by atoms with Crippen LogP contribution in [0.5, 0.6) is 5.88 Å². The van der Waals surface area contributed by atoms with Crippen LogP contribution in [0.4, 0.5) is 0 Å². The molecular weight excluding hydrogens is 436 g/mol. The Balaban J connectivity index is 1.44. The van der Waals surface area contributed by atoms with Crippen LogP contribution in [0.3, 0.4) is 0 Å². The summed E-state index contributed by atoms with van der Waals surface area (Å²) in [6.45, 7) is 5.20. The van der Waals surface area contributed by atoms with Crippen molar-refractivity contribution in [1.29, 1.82) is 0 Å². The van der Waals surface area contributed by atoms with Gasteiger partial charge < -0.3 is 10.1 Å². The Kier molecular flexibility index (Phi) is 7.14. The van der Waals surface area contributed by atoms with E-state index >= 15 is 0 Å². The number of amides is 1. The fourth-order valence-electron chi connectivity index (χ4n) is 3.46. The molecule has 33 heavy (non-hydrogen) atoms. The van der Waals surface area contributed by atoms with E-state index in [1.807, 2.05) is 55.6 Å². The summed E-state index contributed by atoms with van der Waals surface area (Å²) in [7, 11) is 0. The SMILES string of the molecule is CCCOc1ncccc1CNC(=O)CCn1cnc2scc(-c3ccc(C)cc3)c2c1=O. The van der Waals surface area contributed by atoms with Gasteiger partial charge in [0.1, 0.15) is 4.83 Å². The predicted octanol–water partition coefficient (Wildman–Crippen LogP) is 4.32. The standard InChI is InChI=1S/C25H26N4O3S/c1-3-13-32-23-19(5-4-11-26-23)14-27-21(30)10-12-29-16-28-24-22(25(29)31)20(15-33-24)18-8-6-17(2)7-9-18/h4-9,11,15-16H,3,10,12-14H2,1-2H3,(H,27,30). The van der Waals surface area contributed by atoms with E-state index in [9.17, 15) is 9.59 Å². The van der Waals surface area contributed by atoms with Crippen molar-refractivity contribution < 1.29 is 9.53 Å². The third-order valence-corrected chi connectivity index (χ3v) is 6.16. The van der Waals surface area contributed by atoms with Gasteiger partial charge in [-0.05, 0) is 25.0 Å². The van der Waals surface area contributed by atoms with Crippen LogP contribution in [0, 0.1) is 6.92 Å². The number of benzene rings is 1. The Morgan fingerprint density at radius 3 is 2.79 bits per heavy atom. The largest absolute Gasteiger partial charge is 0.477 e. The lowest BCUT2D eigenvalue weighted by Gasteiger charge is -2.11. The molecule has 1 aromatic carbocycles. The Labute approximate surface area is 196 Å². The van der Waals surface area contributed by atoms with Crippen molar-refractivity contribution in [2.24, 2.45) is 0 Å². The van der Waals surface area contributed by atoms with Crippen LogP contribution in [0.25, 0.3) is 21.3 Å². The number of rotatable bonds is 9. The van der Waals surface area contributed by atoms with Crippen molar-refractivity contribution in [3.05, 3.63) is 75.8 Å². The highest BCUT2D eigenvalue weighted by atomic mass is 32.1. The van der Waals surface area contributed by atoms with Crippen molar-refractivity contribution in [2.45, 2.75) is 39.8 Å². The molecule has 8 heteroatoms. The number of fused-ring (bicyclic) bond motifs is 1. The number of hydrogen-bond donors (Lipinski definition) is 1. The Hall–Kier alpha value is -3.52. The maximum Gasteiger partial charge on any atom is 0.262 e. The van der Waals surface area contributed by atoms with E-state index in [0.29, 0.717) is 29.2 Å². The quantitative estimate of drug-likeness (QED) is 0.400. The lowest BCUT2D eigenvalue weighted by Crippen LogP contribution is -2.27. The highest BCUT2D eigenvalue weighted by Gasteiger charge is 2.14. The average molecular weight is 463 g/mol. The fraction of sp³-hybridized carbons (Fsp3) is 0.280. The van der Waals surface area contributed by atoms with Crippen LogP contribution < -0.4 is 15.6 Å². The van der Waals surface area contributed by atoms with E-state index < -0.39 is 0 Å².